The summed E-state index contributed by atoms with van der Waals surface area (Å²) in [6.07, 6.45) is 37.8. The van der Waals surface area contributed by atoms with Crippen LogP contribution in [-0.4, -0.2) is 31.1 Å². The topological polar surface area (TPSA) is 42.6 Å². The monoisotopic (exact) mass is 1160 g/mol. The van der Waals surface area contributed by atoms with Gasteiger partial charge in [-0.25, -0.2) is 0 Å². The number of hydrogen-bond acceptors (Lipinski definition) is 5. The van der Waals surface area contributed by atoms with Gasteiger partial charge in [-0.05, 0) is 205 Å². The van der Waals surface area contributed by atoms with Crippen LogP contribution in [0.25, 0.3) is 22.3 Å². The van der Waals surface area contributed by atoms with E-state index in [0.717, 1.165) is 69.6 Å². The molecule has 0 amide bonds. The molecule has 88 heavy (non-hydrogen) atoms. The van der Waals surface area contributed by atoms with Crippen LogP contribution in [0.2, 0.25) is 0 Å². The normalized spacial score (nSPS) is 14.0. The molecule has 0 bridgehead atoms. The first kappa shape index (κ1) is 70.5. The molecule has 0 saturated heterocycles. The van der Waals surface area contributed by atoms with Crippen molar-refractivity contribution in [3.05, 3.63) is 363 Å². The predicted octanol–water partition coefficient (Wildman–Crippen LogP) is 23.1. The molecule has 5 heteroatoms. The smallest absolute Gasteiger partial charge is 0.0565 e. The van der Waals surface area contributed by atoms with Crippen molar-refractivity contribution < 1.29 is 0 Å². The average Bonchev–Trinajstić information content (AvgIpc) is 1.92. The summed E-state index contributed by atoms with van der Waals surface area (Å²) in [5.74, 6) is 0. The SMILES string of the molecule is C/C(=C\C=C(/C)c1ccc(N(c2ccccc2)c2ccccc2)cc1)C1=CCC(C)(Nc2ccccc2)C=C1.C/C=C\C=C/CN(C)C.C=C/C(=C\C=C(/C)NC(=C)/C=C\C=C/C)c1ccc(-c2ccc(Nc3ccccc3)cc2)cc1.C=CC.C=CC. The summed E-state index contributed by atoms with van der Waals surface area (Å²) in [4.78, 5) is 4.41. The maximum absolute atomic E-state index is 4.02. The van der Waals surface area contributed by atoms with Gasteiger partial charge in [0.25, 0.3) is 0 Å². The Morgan fingerprint density at radius 1 is 0.523 bits per heavy atom. The molecule has 0 saturated carbocycles. The van der Waals surface area contributed by atoms with Crippen LogP contribution in [0, 0.1) is 0 Å². The zero-order valence-electron chi connectivity index (χ0n) is 54.0. The van der Waals surface area contributed by atoms with E-state index in [4.69, 9.17) is 0 Å². The van der Waals surface area contributed by atoms with Gasteiger partial charge < -0.3 is 25.8 Å². The minimum Gasteiger partial charge on any atom is -0.376 e. The lowest BCUT2D eigenvalue weighted by Crippen LogP contribution is -2.33. The molecular formula is C83H95N5. The van der Waals surface area contributed by atoms with Gasteiger partial charge in [0.05, 0.1) is 5.54 Å². The number of likely N-dealkylation sites (N-methyl/N-ethyl adjacent to an activating group) is 1. The van der Waals surface area contributed by atoms with E-state index < -0.39 is 0 Å². The molecule has 1 aliphatic carbocycles. The first-order valence-corrected chi connectivity index (χ1v) is 30.1. The van der Waals surface area contributed by atoms with Crippen LogP contribution >= 0.6 is 0 Å². The molecule has 7 aromatic carbocycles. The maximum Gasteiger partial charge on any atom is 0.0565 e. The molecule has 0 fully saturated rings. The highest BCUT2D eigenvalue weighted by Gasteiger charge is 2.22. The lowest BCUT2D eigenvalue weighted by molar-refractivity contribution is 0.456. The lowest BCUT2D eigenvalue weighted by atomic mass is 9.88. The second kappa shape index (κ2) is 40.4. The second-order valence-corrected chi connectivity index (χ2v) is 21.2. The first-order valence-electron chi connectivity index (χ1n) is 30.1. The highest BCUT2D eigenvalue weighted by atomic mass is 15.1. The Labute approximate surface area is 530 Å². The number of allylic oxidation sites excluding steroid dienone is 20. The summed E-state index contributed by atoms with van der Waals surface area (Å²) < 4.78 is 0. The molecule has 5 nitrogen and oxygen atoms in total. The molecule has 0 aromatic heterocycles. The summed E-state index contributed by atoms with van der Waals surface area (Å²) in [6, 6.07) is 67.5. The largest absolute Gasteiger partial charge is 0.376 e. The molecule has 1 unspecified atom stereocenters. The Kier molecular flexibility index (Phi) is 32.4. The van der Waals surface area contributed by atoms with Crippen molar-refractivity contribution in [3.8, 4) is 11.1 Å². The summed E-state index contributed by atoms with van der Waals surface area (Å²) in [5, 5.41) is 10.4. The fraction of sp³-hybridized carbons (Fsp3) is 0.157. The van der Waals surface area contributed by atoms with E-state index in [9.17, 15) is 0 Å². The van der Waals surface area contributed by atoms with Gasteiger partial charge in [0.1, 0.15) is 0 Å². The maximum atomic E-state index is 4.02. The number of anilines is 6. The molecule has 3 N–H and O–H groups in total. The first-order chi connectivity index (χ1) is 42.7. The molecule has 452 valence electrons. The van der Waals surface area contributed by atoms with Crippen LogP contribution in [0.5, 0.6) is 0 Å². The van der Waals surface area contributed by atoms with E-state index in [1.165, 1.54) is 33.4 Å². The number of para-hydroxylation sites is 4. The Balaban J connectivity index is 0.000000308. The number of benzene rings is 7. The van der Waals surface area contributed by atoms with Gasteiger partial charge in [-0.1, -0.05) is 232 Å². The van der Waals surface area contributed by atoms with Crippen LogP contribution < -0.4 is 20.9 Å². The highest BCUT2D eigenvalue weighted by Crippen LogP contribution is 2.35. The molecule has 0 aliphatic heterocycles. The van der Waals surface area contributed by atoms with Gasteiger partial charge in [0.2, 0.25) is 0 Å². The molecule has 8 rings (SSSR count). The average molecular weight is 1160 g/mol. The summed E-state index contributed by atoms with van der Waals surface area (Å²) >= 11 is 0. The third-order valence-corrected chi connectivity index (χ3v) is 13.3. The van der Waals surface area contributed by atoms with Crippen molar-refractivity contribution in [2.45, 2.75) is 67.3 Å². The fourth-order valence-electron chi connectivity index (χ4n) is 8.75. The number of hydrogen-bond donors (Lipinski definition) is 3. The van der Waals surface area contributed by atoms with E-state index >= 15 is 0 Å². The Morgan fingerprint density at radius 3 is 1.49 bits per heavy atom. The van der Waals surface area contributed by atoms with E-state index in [1.54, 1.807) is 12.2 Å². The minimum atomic E-state index is -0.0774. The van der Waals surface area contributed by atoms with Crippen LogP contribution in [-0.2, 0) is 0 Å². The molecule has 0 radical (unpaired) electrons. The fourth-order valence-corrected chi connectivity index (χ4v) is 8.75. The lowest BCUT2D eigenvalue weighted by Gasteiger charge is -2.30. The molecule has 7 aromatic rings. The van der Waals surface area contributed by atoms with E-state index in [0.29, 0.717) is 0 Å². The van der Waals surface area contributed by atoms with Gasteiger partial charge in [-0.15, -0.1) is 13.2 Å². The number of rotatable bonds is 21. The molecular weight excluding hydrogens is 1070 g/mol. The quantitative estimate of drug-likeness (QED) is 0.0494. The van der Waals surface area contributed by atoms with Crippen molar-refractivity contribution in [1.82, 2.24) is 10.2 Å². The molecule has 0 heterocycles. The van der Waals surface area contributed by atoms with Gasteiger partial charge in [-0.3, -0.25) is 0 Å². The Bertz CT molecular complexity index is 3450. The van der Waals surface area contributed by atoms with Gasteiger partial charge in [0, 0.05) is 52.1 Å². The van der Waals surface area contributed by atoms with Crippen molar-refractivity contribution >= 4 is 45.3 Å². The minimum absolute atomic E-state index is 0.0774. The number of nitrogens with one attached hydrogen (secondary N) is 3. The van der Waals surface area contributed by atoms with Crippen molar-refractivity contribution in [3.63, 3.8) is 0 Å². The van der Waals surface area contributed by atoms with Crippen molar-refractivity contribution in [2.75, 3.05) is 36.2 Å². The van der Waals surface area contributed by atoms with Gasteiger partial charge in [-0.2, -0.15) is 0 Å². The molecule has 0 spiro atoms. The van der Waals surface area contributed by atoms with E-state index in [2.05, 4.69) is 305 Å². The predicted molar refractivity (Wildman–Crippen MR) is 393 cm³/mol. The Hall–Kier alpha value is -9.94. The van der Waals surface area contributed by atoms with E-state index in [1.807, 2.05) is 107 Å². The third-order valence-electron chi connectivity index (χ3n) is 13.3. The summed E-state index contributed by atoms with van der Waals surface area (Å²) in [5.41, 5.74) is 18.0. The summed E-state index contributed by atoms with van der Waals surface area (Å²) in [6.45, 7) is 32.2. The van der Waals surface area contributed by atoms with Crippen LogP contribution in [0.1, 0.15) is 72.9 Å². The highest BCUT2D eigenvalue weighted by molar-refractivity contribution is 5.79. The third kappa shape index (κ3) is 26.1. The second-order valence-electron chi connectivity index (χ2n) is 21.2. The molecule has 1 atom stereocenters. The number of nitrogens with zero attached hydrogens (tertiary/aromatic N) is 2. The standard InChI is InChI=1S/C37H36N2.C32H32N2.C8H15N.2C3H6/c1-29(19-20-30(2)32-25-27-37(3,28-26-32)38-33-13-7-4-8-14-33)31-21-23-36(24-22-31)39(34-15-9-5-10-16-34)35-17-11-6-12-18-35;1-5-7-9-12-25(3)33-26(4)15-16-27(6-2)28-17-19-29(20-18-28)30-21-23-32(24-22-30)34-31-13-10-8-11-14-31;1-4-5-6-7-8-9(2)3;2*1-3-2/h4-27,38H,28H2,1-3H3;5-24,33-34H,2-3H2,1,4H3;4-7H,8H2,1-3H3;2*3H,1H2,2H3/b29-19+,30-20+;7-5-,12-9-,26-15+,27-16+;5-4-,7-6-;;. The zero-order valence-corrected chi connectivity index (χ0v) is 54.0. The van der Waals surface area contributed by atoms with Crippen molar-refractivity contribution in [1.29, 1.82) is 0 Å². The van der Waals surface area contributed by atoms with Crippen LogP contribution in [0.15, 0.2) is 352 Å². The summed E-state index contributed by atoms with van der Waals surface area (Å²) in [7, 11) is 4.11. The van der Waals surface area contributed by atoms with Crippen LogP contribution in [0.3, 0.4) is 0 Å². The van der Waals surface area contributed by atoms with E-state index in [-0.39, 0.29) is 5.54 Å². The Morgan fingerprint density at radius 2 is 0.989 bits per heavy atom. The van der Waals surface area contributed by atoms with Gasteiger partial charge in [0.15, 0.2) is 0 Å². The zero-order chi connectivity index (χ0) is 63.8. The van der Waals surface area contributed by atoms with Gasteiger partial charge >= 0.3 is 0 Å². The van der Waals surface area contributed by atoms with Crippen LogP contribution in [0.4, 0.5) is 34.1 Å². The molecule has 1 aliphatic rings. The van der Waals surface area contributed by atoms with Crippen molar-refractivity contribution in [2.24, 2.45) is 0 Å².